The zero-order valence-electron chi connectivity index (χ0n) is 10.9. The lowest BCUT2D eigenvalue weighted by molar-refractivity contribution is 0.0549. The molecule has 0 N–H and O–H groups in total. The van der Waals surface area contributed by atoms with Crippen LogP contribution in [-0.4, -0.2) is 50.4 Å². The lowest BCUT2D eigenvalue weighted by Gasteiger charge is -2.32. The first-order valence-electron chi connectivity index (χ1n) is 6.72. The molecule has 0 bridgehead atoms. The van der Waals surface area contributed by atoms with Crippen LogP contribution < -0.4 is 9.64 Å². The molecular weight excluding hydrogens is 244 g/mol. The van der Waals surface area contributed by atoms with E-state index in [9.17, 15) is 4.79 Å². The molecule has 2 amide bonds. The molecule has 2 aliphatic heterocycles. The van der Waals surface area contributed by atoms with E-state index >= 15 is 0 Å². The van der Waals surface area contributed by atoms with E-state index in [1.165, 1.54) is 0 Å². The number of fused-ring (bicyclic) bond motifs is 1. The Bertz CT molecular complexity index is 458. The van der Waals surface area contributed by atoms with Crippen molar-refractivity contribution in [1.82, 2.24) is 4.90 Å². The standard InChI is InChI=1S/C14H18N2O3/c17-14(15-7-10-18-11-8-15)16-6-3-9-19-13-5-2-1-4-12(13)16/h1-2,4-5H,3,6-11H2. The Morgan fingerprint density at radius 2 is 1.84 bits per heavy atom. The van der Waals surface area contributed by atoms with Gasteiger partial charge in [-0.05, 0) is 18.6 Å². The average molecular weight is 262 g/mol. The highest BCUT2D eigenvalue weighted by Gasteiger charge is 2.27. The third kappa shape index (κ3) is 2.51. The molecule has 102 valence electrons. The van der Waals surface area contributed by atoms with Gasteiger partial charge in [-0.15, -0.1) is 0 Å². The number of benzene rings is 1. The second-order valence-electron chi connectivity index (χ2n) is 4.70. The van der Waals surface area contributed by atoms with Crippen LogP contribution in [0.2, 0.25) is 0 Å². The van der Waals surface area contributed by atoms with E-state index < -0.39 is 0 Å². The van der Waals surface area contributed by atoms with E-state index in [4.69, 9.17) is 9.47 Å². The van der Waals surface area contributed by atoms with Gasteiger partial charge < -0.3 is 14.4 Å². The van der Waals surface area contributed by atoms with Crippen molar-refractivity contribution in [2.24, 2.45) is 0 Å². The van der Waals surface area contributed by atoms with Crippen molar-refractivity contribution in [3.63, 3.8) is 0 Å². The first-order valence-corrected chi connectivity index (χ1v) is 6.72. The first-order chi connectivity index (χ1) is 9.36. The number of para-hydroxylation sites is 2. The Morgan fingerprint density at radius 1 is 1.05 bits per heavy atom. The van der Waals surface area contributed by atoms with Gasteiger partial charge in [-0.3, -0.25) is 4.90 Å². The summed E-state index contributed by atoms with van der Waals surface area (Å²) in [5.74, 6) is 0.793. The third-order valence-electron chi connectivity index (χ3n) is 3.45. The van der Waals surface area contributed by atoms with Crippen molar-refractivity contribution in [1.29, 1.82) is 0 Å². The summed E-state index contributed by atoms with van der Waals surface area (Å²) in [5.41, 5.74) is 0.872. The molecule has 5 nitrogen and oxygen atoms in total. The summed E-state index contributed by atoms with van der Waals surface area (Å²) in [5, 5.41) is 0. The summed E-state index contributed by atoms with van der Waals surface area (Å²) < 4.78 is 11.0. The summed E-state index contributed by atoms with van der Waals surface area (Å²) in [6, 6.07) is 7.79. The fourth-order valence-corrected chi connectivity index (χ4v) is 2.45. The van der Waals surface area contributed by atoms with Crippen LogP contribution >= 0.6 is 0 Å². The molecule has 1 aromatic carbocycles. The first kappa shape index (κ1) is 12.3. The van der Waals surface area contributed by atoms with E-state index in [1.807, 2.05) is 34.1 Å². The Balaban J connectivity index is 1.84. The molecule has 0 atom stereocenters. The quantitative estimate of drug-likeness (QED) is 0.715. The van der Waals surface area contributed by atoms with Crippen molar-refractivity contribution in [2.75, 3.05) is 44.4 Å². The molecule has 0 unspecified atom stereocenters. The molecule has 1 aromatic rings. The van der Waals surface area contributed by atoms with Crippen LogP contribution in [0.5, 0.6) is 5.75 Å². The summed E-state index contributed by atoms with van der Waals surface area (Å²) >= 11 is 0. The number of hydrogen-bond donors (Lipinski definition) is 0. The second-order valence-corrected chi connectivity index (χ2v) is 4.70. The van der Waals surface area contributed by atoms with Crippen LogP contribution in [0.3, 0.4) is 0 Å². The van der Waals surface area contributed by atoms with Crippen molar-refractivity contribution in [2.45, 2.75) is 6.42 Å². The van der Waals surface area contributed by atoms with Crippen LogP contribution in [0.25, 0.3) is 0 Å². The van der Waals surface area contributed by atoms with Gasteiger partial charge in [0.1, 0.15) is 5.75 Å². The predicted molar refractivity (Wildman–Crippen MR) is 71.7 cm³/mol. The Kier molecular flexibility index (Phi) is 3.55. The lowest BCUT2D eigenvalue weighted by Crippen LogP contribution is -2.48. The lowest BCUT2D eigenvalue weighted by atomic mass is 10.2. The minimum atomic E-state index is 0.0567. The molecule has 2 heterocycles. The van der Waals surface area contributed by atoms with Crippen LogP contribution in [0.1, 0.15) is 6.42 Å². The number of carbonyl (C=O) groups is 1. The van der Waals surface area contributed by atoms with Gasteiger partial charge in [0.25, 0.3) is 0 Å². The fraction of sp³-hybridized carbons (Fsp3) is 0.500. The topological polar surface area (TPSA) is 42.0 Å². The molecule has 2 aliphatic rings. The number of anilines is 1. The average Bonchev–Trinajstić information content (AvgIpc) is 2.70. The third-order valence-corrected chi connectivity index (χ3v) is 3.45. The summed E-state index contributed by atoms with van der Waals surface area (Å²) in [6.07, 6.45) is 0.852. The van der Waals surface area contributed by atoms with Gasteiger partial charge in [-0.2, -0.15) is 0 Å². The highest BCUT2D eigenvalue weighted by Crippen LogP contribution is 2.31. The number of hydrogen-bond acceptors (Lipinski definition) is 3. The largest absolute Gasteiger partial charge is 0.491 e. The SMILES string of the molecule is O=C(N1CCOCC1)N1CCCOc2ccccc21. The monoisotopic (exact) mass is 262 g/mol. The molecule has 3 rings (SSSR count). The molecule has 0 spiro atoms. The summed E-state index contributed by atoms with van der Waals surface area (Å²) in [7, 11) is 0. The Morgan fingerprint density at radius 3 is 2.68 bits per heavy atom. The predicted octanol–water partition coefficient (Wildman–Crippen LogP) is 1.73. The number of nitrogens with zero attached hydrogens (tertiary/aromatic N) is 2. The number of amides is 2. The number of rotatable bonds is 0. The van der Waals surface area contributed by atoms with Gasteiger partial charge in [-0.1, -0.05) is 12.1 Å². The number of urea groups is 1. The van der Waals surface area contributed by atoms with Crippen LogP contribution in [0.4, 0.5) is 10.5 Å². The van der Waals surface area contributed by atoms with Gasteiger partial charge in [0.05, 0.1) is 25.5 Å². The van der Waals surface area contributed by atoms with Crippen molar-refractivity contribution in [3.05, 3.63) is 24.3 Å². The highest BCUT2D eigenvalue weighted by molar-refractivity contribution is 5.93. The molecule has 0 saturated carbocycles. The molecule has 19 heavy (non-hydrogen) atoms. The molecule has 0 radical (unpaired) electrons. The van der Waals surface area contributed by atoms with E-state index in [-0.39, 0.29) is 6.03 Å². The van der Waals surface area contributed by atoms with Gasteiger partial charge in [-0.25, -0.2) is 4.79 Å². The molecule has 1 saturated heterocycles. The number of ether oxygens (including phenoxy) is 2. The van der Waals surface area contributed by atoms with Crippen molar-refractivity contribution in [3.8, 4) is 5.75 Å². The van der Waals surface area contributed by atoms with E-state index in [2.05, 4.69) is 0 Å². The summed E-state index contributed by atoms with van der Waals surface area (Å²) in [6.45, 7) is 3.93. The van der Waals surface area contributed by atoms with E-state index in [1.54, 1.807) is 0 Å². The maximum atomic E-state index is 12.6. The zero-order valence-corrected chi connectivity index (χ0v) is 10.9. The van der Waals surface area contributed by atoms with Crippen LogP contribution in [-0.2, 0) is 4.74 Å². The molecule has 0 aliphatic carbocycles. The fourth-order valence-electron chi connectivity index (χ4n) is 2.45. The molecule has 0 aromatic heterocycles. The van der Waals surface area contributed by atoms with E-state index in [0.717, 1.165) is 17.9 Å². The minimum absolute atomic E-state index is 0.0567. The van der Waals surface area contributed by atoms with E-state index in [0.29, 0.717) is 39.5 Å². The molecule has 5 heteroatoms. The maximum Gasteiger partial charge on any atom is 0.324 e. The minimum Gasteiger partial charge on any atom is -0.491 e. The maximum absolute atomic E-state index is 12.6. The number of morpholine rings is 1. The van der Waals surface area contributed by atoms with Gasteiger partial charge in [0.15, 0.2) is 0 Å². The number of carbonyl (C=O) groups excluding carboxylic acids is 1. The second kappa shape index (κ2) is 5.48. The van der Waals surface area contributed by atoms with Gasteiger partial charge in [0.2, 0.25) is 0 Å². The highest BCUT2D eigenvalue weighted by atomic mass is 16.5. The molecular formula is C14H18N2O3. The van der Waals surface area contributed by atoms with Gasteiger partial charge >= 0.3 is 6.03 Å². The van der Waals surface area contributed by atoms with Crippen LogP contribution in [0, 0.1) is 0 Å². The molecule has 1 fully saturated rings. The van der Waals surface area contributed by atoms with Gasteiger partial charge in [0, 0.05) is 19.6 Å². The van der Waals surface area contributed by atoms with Crippen molar-refractivity contribution < 1.29 is 14.3 Å². The Labute approximate surface area is 112 Å². The van der Waals surface area contributed by atoms with Crippen LogP contribution in [0.15, 0.2) is 24.3 Å². The normalized spacial score (nSPS) is 19.4. The summed E-state index contributed by atoms with van der Waals surface area (Å²) in [4.78, 5) is 16.3. The smallest absolute Gasteiger partial charge is 0.324 e. The Hall–Kier alpha value is -1.75. The zero-order chi connectivity index (χ0) is 13.1. The van der Waals surface area contributed by atoms with Crippen molar-refractivity contribution >= 4 is 11.7 Å².